The number of carbonyl (C=O) groups is 3. The van der Waals surface area contributed by atoms with Crippen molar-refractivity contribution in [1.82, 2.24) is 15.3 Å². The van der Waals surface area contributed by atoms with E-state index in [2.05, 4.69) is 20.6 Å². The molecule has 0 spiro atoms. The standard InChI is InChI=1S/C21H13Cl3N4O4/c22-14-9-25-10-15(23)17(14)20(30)27-12-5-3-11(4-6-12)8-16(21(31)32)28-19(29)13-2-1-7-26-18(13)24/h1-10H,(H,27,30)(H,28,29)(H,31,32)/b16-8-. The van der Waals surface area contributed by atoms with Gasteiger partial charge in [0.15, 0.2) is 0 Å². The van der Waals surface area contributed by atoms with Crippen molar-refractivity contribution in [2.75, 3.05) is 5.32 Å². The van der Waals surface area contributed by atoms with Gasteiger partial charge in [0.1, 0.15) is 10.9 Å². The van der Waals surface area contributed by atoms with E-state index < -0.39 is 17.8 Å². The van der Waals surface area contributed by atoms with Crippen molar-refractivity contribution in [3.63, 3.8) is 0 Å². The van der Waals surface area contributed by atoms with E-state index in [0.29, 0.717) is 11.3 Å². The molecule has 0 fully saturated rings. The van der Waals surface area contributed by atoms with Gasteiger partial charge in [0.25, 0.3) is 11.8 Å². The van der Waals surface area contributed by atoms with E-state index in [1.165, 1.54) is 36.8 Å². The molecule has 0 aliphatic carbocycles. The van der Waals surface area contributed by atoms with Crippen LogP contribution < -0.4 is 10.6 Å². The predicted molar refractivity (Wildman–Crippen MR) is 121 cm³/mol. The molecule has 1 aromatic carbocycles. The first-order valence-corrected chi connectivity index (χ1v) is 9.97. The maximum absolute atomic E-state index is 12.4. The van der Waals surface area contributed by atoms with Crippen molar-refractivity contribution in [1.29, 1.82) is 0 Å². The zero-order valence-electron chi connectivity index (χ0n) is 16.0. The lowest BCUT2D eigenvalue weighted by Crippen LogP contribution is -2.27. The summed E-state index contributed by atoms with van der Waals surface area (Å²) in [6.45, 7) is 0. The fourth-order valence-corrected chi connectivity index (χ4v) is 3.29. The summed E-state index contributed by atoms with van der Waals surface area (Å²) in [5.41, 5.74) is 0.615. The molecule has 8 nitrogen and oxygen atoms in total. The van der Waals surface area contributed by atoms with Gasteiger partial charge in [0, 0.05) is 24.3 Å². The first kappa shape index (κ1) is 23.2. The van der Waals surface area contributed by atoms with Crippen molar-refractivity contribution < 1.29 is 19.5 Å². The molecule has 3 N–H and O–H groups in total. The fourth-order valence-electron chi connectivity index (χ4n) is 2.55. The minimum Gasteiger partial charge on any atom is -0.477 e. The van der Waals surface area contributed by atoms with E-state index in [1.807, 2.05) is 0 Å². The highest BCUT2D eigenvalue weighted by Gasteiger charge is 2.17. The number of aliphatic carboxylic acids is 1. The number of amides is 2. The molecule has 0 radical (unpaired) electrons. The Morgan fingerprint density at radius 3 is 2.19 bits per heavy atom. The third-order valence-corrected chi connectivity index (χ3v) is 4.92. The van der Waals surface area contributed by atoms with Crippen LogP contribution in [0.1, 0.15) is 26.3 Å². The summed E-state index contributed by atoms with van der Waals surface area (Å²) in [5.74, 6) is -2.60. The number of anilines is 1. The fraction of sp³-hybridized carbons (Fsp3) is 0. The minimum absolute atomic E-state index is 0.0350. The molecule has 0 bridgehead atoms. The maximum atomic E-state index is 12.4. The third kappa shape index (κ3) is 5.61. The molecule has 0 aliphatic rings. The van der Waals surface area contributed by atoms with Crippen molar-refractivity contribution in [3.8, 4) is 0 Å². The summed E-state index contributed by atoms with van der Waals surface area (Å²) in [5, 5.41) is 14.5. The highest BCUT2D eigenvalue weighted by atomic mass is 35.5. The second-order valence-corrected chi connectivity index (χ2v) is 7.39. The number of carbonyl (C=O) groups excluding carboxylic acids is 2. The second kappa shape index (κ2) is 10.2. The van der Waals surface area contributed by atoms with Crippen LogP contribution in [0.25, 0.3) is 6.08 Å². The Labute approximate surface area is 196 Å². The van der Waals surface area contributed by atoms with Crippen molar-refractivity contribution in [2.45, 2.75) is 0 Å². The Kier molecular flexibility index (Phi) is 7.42. The number of nitrogens with zero attached hydrogens (tertiary/aromatic N) is 2. The van der Waals surface area contributed by atoms with E-state index in [1.54, 1.807) is 24.3 Å². The molecule has 0 saturated carbocycles. The highest BCUT2D eigenvalue weighted by Crippen LogP contribution is 2.24. The van der Waals surface area contributed by atoms with Crippen LogP contribution in [0.3, 0.4) is 0 Å². The molecular formula is C21H13Cl3N4O4. The topological polar surface area (TPSA) is 121 Å². The second-order valence-electron chi connectivity index (χ2n) is 6.21. The Morgan fingerprint density at radius 2 is 1.59 bits per heavy atom. The van der Waals surface area contributed by atoms with Crippen LogP contribution in [0, 0.1) is 0 Å². The molecule has 0 atom stereocenters. The zero-order chi connectivity index (χ0) is 23.3. The van der Waals surface area contributed by atoms with Gasteiger partial charge < -0.3 is 15.7 Å². The average molecular weight is 492 g/mol. The van der Waals surface area contributed by atoms with E-state index in [4.69, 9.17) is 34.8 Å². The summed E-state index contributed by atoms with van der Waals surface area (Å²) in [7, 11) is 0. The molecule has 0 aliphatic heterocycles. The van der Waals surface area contributed by atoms with Gasteiger partial charge in [-0.15, -0.1) is 0 Å². The van der Waals surface area contributed by atoms with Crippen molar-refractivity contribution in [3.05, 3.63) is 92.6 Å². The molecule has 3 aromatic rings. The number of carboxylic acid groups (broad SMARTS) is 1. The van der Waals surface area contributed by atoms with Crippen LogP contribution in [0.15, 0.2) is 60.7 Å². The molecule has 2 aromatic heterocycles. The van der Waals surface area contributed by atoms with Gasteiger partial charge in [0.05, 0.1) is 21.2 Å². The first-order valence-electron chi connectivity index (χ1n) is 8.83. The summed E-state index contributed by atoms with van der Waals surface area (Å²) >= 11 is 17.8. The first-order chi connectivity index (χ1) is 15.3. The van der Waals surface area contributed by atoms with Crippen LogP contribution in [-0.2, 0) is 4.79 Å². The lowest BCUT2D eigenvalue weighted by Gasteiger charge is -2.09. The average Bonchev–Trinajstić information content (AvgIpc) is 2.74. The number of pyridine rings is 2. The van der Waals surface area contributed by atoms with Gasteiger partial charge in [-0.2, -0.15) is 0 Å². The van der Waals surface area contributed by atoms with Crippen molar-refractivity contribution in [2.24, 2.45) is 0 Å². The molecule has 162 valence electrons. The smallest absolute Gasteiger partial charge is 0.352 e. The lowest BCUT2D eigenvalue weighted by molar-refractivity contribution is -0.132. The van der Waals surface area contributed by atoms with E-state index in [9.17, 15) is 19.5 Å². The summed E-state index contributed by atoms with van der Waals surface area (Å²) < 4.78 is 0. The summed E-state index contributed by atoms with van der Waals surface area (Å²) in [6, 6.07) is 9.13. The van der Waals surface area contributed by atoms with Crippen LogP contribution in [0.2, 0.25) is 15.2 Å². The molecule has 2 amide bonds. The number of halogens is 3. The summed E-state index contributed by atoms with van der Waals surface area (Å²) in [4.78, 5) is 43.9. The normalized spacial score (nSPS) is 11.0. The van der Waals surface area contributed by atoms with Gasteiger partial charge >= 0.3 is 5.97 Å². The van der Waals surface area contributed by atoms with Crippen LogP contribution in [-0.4, -0.2) is 32.9 Å². The monoisotopic (exact) mass is 490 g/mol. The quantitative estimate of drug-likeness (QED) is 0.344. The van der Waals surface area contributed by atoms with Crippen LogP contribution >= 0.6 is 34.8 Å². The number of rotatable bonds is 6. The zero-order valence-corrected chi connectivity index (χ0v) is 18.2. The van der Waals surface area contributed by atoms with E-state index in [-0.39, 0.29) is 32.0 Å². The molecular weight excluding hydrogens is 479 g/mol. The van der Waals surface area contributed by atoms with Gasteiger partial charge in [0.2, 0.25) is 0 Å². The molecule has 11 heteroatoms. The molecule has 32 heavy (non-hydrogen) atoms. The van der Waals surface area contributed by atoms with E-state index >= 15 is 0 Å². The minimum atomic E-state index is -1.35. The largest absolute Gasteiger partial charge is 0.477 e. The van der Waals surface area contributed by atoms with Gasteiger partial charge in [-0.3, -0.25) is 14.6 Å². The van der Waals surface area contributed by atoms with Gasteiger partial charge in [-0.05, 0) is 35.9 Å². The number of hydrogen-bond donors (Lipinski definition) is 3. The Bertz CT molecular complexity index is 1210. The Balaban J connectivity index is 1.76. The molecule has 0 saturated heterocycles. The SMILES string of the molecule is O=C(O)/C(=C/c1ccc(NC(=O)c2c(Cl)cncc2Cl)cc1)NC(=O)c1cccnc1Cl. The Morgan fingerprint density at radius 1 is 0.938 bits per heavy atom. The lowest BCUT2D eigenvalue weighted by atomic mass is 10.1. The number of nitrogens with one attached hydrogen (secondary N) is 2. The Hall–Kier alpha value is -3.46. The third-order valence-electron chi connectivity index (χ3n) is 4.04. The number of aromatic nitrogens is 2. The summed E-state index contributed by atoms with van der Waals surface area (Å²) in [6.07, 6.45) is 5.27. The molecule has 2 heterocycles. The van der Waals surface area contributed by atoms with E-state index in [0.717, 1.165) is 0 Å². The molecule has 0 unspecified atom stereocenters. The number of benzene rings is 1. The van der Waals surface area contributed by atoms with Gasteiger partial charge in [-0.25, -0.2) is 9.78 Å². The van der Waals surface area contributed by atoms with Crippen molar-refractivity contribution >= 4 is 64.3 Å². The molecule has 3 rings (SSSR count). The van der Waals surface area contributed by atoms with Crippen LogP contribution in [0.4, 0.5) is 5.69 Å². The number of carboxylic acids is 1. The maximum Gasteiger partial charge on any atom is 0.352 e. The van der Waals surface area contributed by atoms with Crippen LogP contribution in [0.5, 0.6) is 0 Å². The predicted octanol–water partition coefficient (Wildman–Crippen LogP) is 4.54. The highest BCUT2D eigenvalue weighted by molar-refractivity contribution is 6.40. The number of hydrogen-bond acceptors (Lipinski definition) is 5. The van der Waals surface area contributed by atoms with Gasteiger partial charge in [-0.1, -0.05) is 46.9 Å².